The summed E-state index contributed by atoms with van der Waals surface area (Å²) in [4.78, 5) is 35.9. The molecule has 0 fully saturated rings. The number of nitrogens with one attached hydrogen (secondary N) is 1. The van der Waals surface area contributed by atoms with Crippen molar-refractivity contribution in [2.45, 2.75) is 13.8 Å². The lowest BCUT2D eigenvalue weighted by atomic mass is 10.2. The van der Waals surface area contributed by atoms with Crippen molar-refractivity contribution in [1.82, 2.24) is 4.90 Å². The summed E-state index contributed by atoms with van der Waals surface area (Å²) in [7, 11) is 0. The zero-order valence-corrected chi connectivity index (χ0v) is 13.4. The molecule has 0 saturated carbocycles. The third-order valence-corrected chi connectivity index (χ3v) is 3.28. The molecule has 7 heteroatoms. The minimum absolute atomic E-state index is 0.0211. The summed E-state index contributed by atoms with van der Waals surface area (Å²) in [6.45, 7) is 3.18. The van der Waals surface area contributed by atoms with Gasteiger partial charge in [-0.3, -0.25) is 19.3 Å². The monoisotopic (exact) mass is 389 g/mol. The third kappa shape index (κ3) is 4.27. The summed E-state index contributed by atoms with van der Waals surface area (Å²) < 4.78 is 1.03. The normalized spacial score (nSPS) is 10.0. The standard InChI is InChI=1S/C13H16IN3O3/c1-8-7-10(14)3-4-11(8)16-12(19)13(20)17(6-5-15)9(2)18/h3-4,7H,5-6,15H2,1-2H3,(H,16,19). The molecule has 0 atom stereocenters. The zero-order chi connectivity index (χ0) is 15.3. The summed E-state index contributed by atoms with van der Waals surface area (Å²) in [6, 6.07) is 5.41. The SMILES string of the molecule is CC(=O)N(CCN)C(=O)C(=O)Nc1ccc(I)cc1C. The van der Waals surface area contributed by atoms with Gasteiger partial charge in [-0.05, 0) is 53.3 Å². The number of amides is 3. The molecule has 1 aromatic rings. The number of rotatable bonds is 3. The molecule has 20 heavy (non-hydrogen) atoms. The van der Waals surface area contributed by atoms with E-state index in [1.54, 1.807) is 6.07 Å². The lowest BCUT2D eigenvalue weighted by molar-refractivity contribution is -0.149. The van der Waals surface area contributed by atoms with Crippen LogP contribution < -0.4 is 11.1 Å². The highest BCUT2D eigenvalue weighted by Gasteiger charge is 2.24. The summed E-state index contributed by atoms with van der Waals surface area (Å²) in [6.07, 6.45) is 0. The number of carbonyl (C=O) groups is 3. The molecule has 1 aromatic carbocycles. The number of halogens is 1. The number of nitrogens with zero attached hydrogens (tertiary/aromatic N) is 1. The molecular weight excluding hydrogens is 373 g/mol. The van der Waals surface area contributed by atoms with E-state index in [1.807, 2.05) is 19.1 Å². The predicted molar refractivity (Wildman–Crippen MR) is 84.0 cm³/mol. The molecule has 0 aliphatic carbocycles. The first-order valence-corrected chi connectivity index (χ1v) is 7.04. The molecular formula is C13H16IN3O3. The molecule has 0 unspecified atom stereocenters. The van der Waals surface area contributed by atoms with Crippen molar-refractivity contribution < 1.29 is 14.4 Å². The van der Waals surface area contributed by atoms with Crippen molar-refractivity contribution in [3.8, 4) is 0 Å². The van der Waals surface area contributed by atoms with Crippen molar-refractivity contribution in [3.63, 3.8) is 0 Å². The van der Waals surface area contributed by atoms with Gasteiger partial charge in [-0.15, -0.1) is 0 Å². The Kier molecular flexibility index (Phi) is 6.08. The second-order valence-electron chi connectivity index (χ2n) is 4.18. The second kappa shape index (κ2) is 7.34. The Morgan fingerprint density at radius 3 is 2.50 bits per heavy atom. The molecule has 0 aromatic heterocycles. The van der Waals surface area contributed by atoms with Crippen LogP contribution in [0.15, 0.2) is 18.2 Å². The molecule has 3 amide bonds. The molecule has 0 aliphatic heterocycles. The summed E-state index contributed by atoms with van der Waals surface area (Å²) in [5.41, 5.74) is 6.70. The van der Waals surface area contributed by atoms with E-state index in [2.05, 4.69) is 27.9 Å². The number of nitrogens with two attached hydrogens (primary N) is 1. The number of hydrogen-bond donors (Lipinski definition) is 2. The quantitative estimate of drug-likeness (QED) is 0.593. The minimum atomic E-state index is -0.902. The van der Waals surface area contributed by atoms with E-state index >= 15 is 0 Å². The average Bonchev–Trinajstić information content (AvgIpc) is 2.38. The maximum absolute atomic E-state index is 11.9. The molecule has 0 bridgehead atoms. The highest BCUT2D eigenvalue weighted by Crippen LogP contribution is 2.17. The highest BCUT2D eigenvalue weighted by molar-refractivity contribution is 14.1. The Hall–Kier alpha value is -1.48. The van der Waals surface area contributed by atoms with Gasteiger partial charge in [0.15, 0.2) is 0 Å². The highest BCUT2D eigenvalue weighted by atomic mass is 127. The van der Waals surface area contributed by atoms with E-state index in [-0.39, 0.29) is 13.1 Å². The van der Waals surface area contributed by atoms with Crippen LogP contribution in [0, 0.1) is 10.5 Å². The topological polar surface area (TPSA) is 92.5 Å². The van der Waals surface area contributed by atoms with Crippen molar-refractivity contribution in [2.24, 2.45) is 5.73 Å². The molecule has 6 nitrogen and oxygen atoms in total. The molecule has 0 saturated heterocycles. The van der Waals surface area contributed by atoms with E-state index in [4.69, 9.17) is 5.73 Å². The minimum Gasteiger partial charge on any atom is -0.329 e. The van der Waals surface area contributed by atoms with Crippen LogP contribution in [0.2, 0.25) is 0 Å². The lowest BCUT2D eigenvalue weighted by Gasteiger charge is -2.17. The van der Waals surface area contributed by atoms with Crippen LogP contribution in [-0.4, -0.2) is 35.7 Å². The number of hydrogen-bond acceptors (Lipinski definition) is 4. The zero-order valence-electron chi connectivity index (χ0n) is 11.3. The van der Waals surface area contributed by atoms with Crippen LogP contribution in [0.5, 0.6) is 0 Å². The third-order valence-electron chi connectivity index (χ3n) is 2.61. The lowest BCUT2D eigenvalue weighted by Crippen LogP contribution is -2.44. The fourth-order valence-corrected chi connectivity index (χ4v) is 2.24. The van der Waals surface area contributed by atoms with E-state index in [0.717, 1.165) is 14.0 Å². The fourth-order valence-electron chi connectivity index (χ4n) is 1.60. The van der Waals surface area contributed by atoms with Gasteiger partial charge in [0.05, 0.1) is 0 Å². The molecule has 0 spiro atoms. The first-order chi connectivity index (χ1) is 9.36. The molecule has 1 rings (SSSR count). The Morgan fingerprint density at radius 1 is 1.35 bits per heavy atom. The molecule has 0 aliphatic rings. The first-order valence-electron chi connectivity index (χ1n) is 5.96. The van der Waals surface area contributed by atoms with Gasteiger partial charge in [-0.2, -0.15) is 0 Å². The van der Waals surface area contributed by atoms with Crippen LogP contribution in [0.3, 0.4) is 0 Å². The van der Waals surface area contributed by atoms with E-state index in [1.165, 1.54) is 6.92 Å². The number of aryl methyl sites for hydroxylation is 1. The number of carbonyl (C=O) groups excluding carboxylic acids is 3. The molecule has 0 heterocycles. The second-order valence-corrected chi connectivity index (χ2v) is 5.42. The Labute approximate surface area is 130 Å². The van der Waals surface area contributed by atoms with Gasteiger partial charge in [0.1, 0.15) is 0 Å². The summed E-state index contributed by atoms with van der Waals surface area (Å²) >= 11 is 2.15. The smallest absolute Gasteiger partial charge is 0.318 e. The van der Waals surface area contributed by atoms with E-state index in [0.29, 0.717) is 5.69 Å². The van der Waals surface area contributed by atoms with Crippen molar-refractivity contribution >= 4 is 46.0 Å². The Morgan fingerprint density at radius 2 is 2.00 bits per heavy atom. The molecule has 3 N–H and O–H groups in total. The van der Waals surface area contributed by atoms with Crippen molar-refractivity contribution in [2.75, 3.05) is 18.4 Å². The number of benzene rings is 1. The molecule has 108 valence electrons. The van der Waals surface area contributed by atoms with Crippen molar-refractivity contribution in [3.05, 3.63) is 27.3 Å². The Balaban J connectivity index is 2.84. The number of imide groups is 1. The van der Waals surface area contributed by atoms with E-state index in [9.17, 15) is 14.4 Å². The van der Waals surface area contributed by atoms with Crippen molar-refractivity contribution in [1.29, 1.82) is 0 Å². The van der Waals surface area contributed by atoms with Crippen LogP contribution in [0.4, 0.5) is 5.69 Å². The van der Waals surface area contributed by atoms with Gasteiger partial charge in [0, 0.05) is 29.3 Å². The van der Waals surface area contributed by atoms with Crippen LogP contribution in [-0.2, 0) is 14.4 Å². The Bertz CT molecular complexity index is 546. The predicted octanol–water partition coefficient (Wildman–Crippen LogP) is 0.872. The van der Waals surface area contributed by atoms with E-state index < -0.39 is 17.7 Å². The number of anilines is 1. The van der Waals surface area contributed by atoms with Crippen LogP contribution >= 0.6 is 22.6 Å². The van der Waals surface area contributed by atoms with Gasteiger partial charge >= 0.3 is 11.8 Å². The van der Waals surface area contributed by atoms with Gasteiger partial charge in [0.25, 0.3) is 0 Å². The van der Waals surface area contributed by atoms with Gasteiger partial charge < -0.3 is 11.1 Å². The van der Waals surface area contributed by atoms with Gasteiger partial charge in [-0.1, -0.05) is 0 Å². The maximum Gasteiger partial charge on any atom is 0.318 e. The molecule has 0 radical (unpaired) electrons. The summed E-state index contributed by atoms with van der Waals surface area (Å²) in [5, 5.41) is 2.50. The largest absolute Gasteiger partial charge is 0.329 e. The van der Waals surface area contributed by atoms with Crippen LogP contribution in [0.25, 0.3) is 0 Å². The van der Waals surface area contributed by atoms with Gasteiger partial charge in [0.2, 0.25) is 5.91 Å². The summed E-state index contributed by atoms with van der Waals surface area (Å²) in [5.74, 6) is -2.26. The maximum atomic E-state index is 11.9. The fraction of sp³-hybridized carbons (Fsp3) is 0.308. The van der Waals surface area contributed by atoms with Crippen LogP contribution in [0.1, 0.15) is 12.5 Å². The van der Waals surface area contributed by atoms with Gasteiger partial charge in [-0.25, -0.2) is 0 Å². The first kappa shape index (κ1) is 16.6. The average molecular weight is 389 g/mol.